The van der Waals surface area contributed by atoms with E-state index in [1.807, 2.05) is 44.3 Å². The first-order valence-electron chi connectivity index (χ1n) is 8.32. The number of aryl methyl sites for hydroxylation is 1. The van der Waals surface area contributed by atoms with Gasteiger partial charge in [0.1, 0.15) is 10.7 Å². The predicted octanol–water partition coefficient (Wildman–Crippen LogP) is 1.84. The largest absolute Gasteiger partial charge is 0.314 e. The number of carbonyl (C=O) groups is 1. The zero-order chi connectivity index (χ0) is 19.4. The van der Waals surface area contributed by atoms with Crippen LogP contribution in [0.3, 0.4) is 0 Å². The van der Waals surface area contributed by atoms with Crippen LogP contribution < -0.4 is 9.62 Å². The molecule has 140 valence electrons. The SMILES string of the molecule is Cc1nccn1-c1nc(N(C)c2ccccc2)nc2c1S(C)(C)(=O)NC2=O. The molecular weight excluding hydrogens is 364 g/mol. The molecule has 0 atom stereocenters. The third-order valence-electron chi connectivity index (χ3n) is 4.53. The molecule has 4 rings (SSSR count). The van der Waals surface area contributed by atoms with E-state index in [0.717, 1.165) is 5.69 Å². The smallest absolute Gasteiger partial charge is 0.281 e. The summed E-state index contributed by atoms with van der Waals surface area (Å²) in [4.78, 5) is 28.0. The van der Waals surface area contributed by atoms with E-state index in [0.29, 0.717) is 22.5 Å². The highest BCUT2D eigenvalue weighted by atomic mass is 32.3. The van der Waals surface area contributed by atoms with Gasteiger partial charge in [0.2, 0.25) is 5.95 Å². The van der Waals surface area contributed by atoms with Crippen LogP contribution in [0.1, 0.15) is 16.3 Å². The topological polar surface area (TPSA) is 93.0 Å². The second-order valence-corrected chi connectivity index (χ2v) is 11.3. The standard InChI is InChI=1S/C18H20N6O2S/c1-12-19-10-11-24(12)16-15-14(17(25)22-27(15,3,4)26)20-18(21-16)23(2)13-8-6-5-7-9-13/h5-11H,1-4H3,(H,22,25,26). The van der Waals surface area contributed by atoms with E-state index < -0.39 is 15.2 Å². The van der Waals surface area contributed by atoms with Crippen molar-refractivity contribution in [2.45, 2.75) is 11.8 Å². The van der Waals surface area contributed by atoms with Crippen molar-refractivity contribution in [3.63, 3.8) is 0 Å². The summed E-state index contributed by atoms with van der Waals surface area (Å²) in [6.07, 6.45) is 6.43. The molecule has 0 radical (unpaired) electrons. The zero-order valence-electron chi connectivity index (χ0n) is 15.5. The quantitative estimate of drug-likeness (QED) is 0.741. The fraction of sp³-hybridized carbons (Fsp3) is 0.222. The number of rotatable bonds is 3. The van der Waals surface area contributed by atoms with E-state index in [2.05, 4.69) is 19.7 Å². The Bertz CT molecular complexity index is 1130. The fourth-order valence-electron chi connectivity index (χ4n) is 3.18. The Kier molecular flexibility index (Phi) is 3.51. The highest BCUT2D eigenvalue weighted by molar-refractivity contribution is 8.18. The molecule has 1 aromatic carbocycles. The van der Waals surface area contributed by atoms with E-state index in [9.17, 15) is 9.00 Å². The van der Waals surface area contributed by atoms with Crippen LogP contribution in [-0.2, 0) is 9.25 Å². The highest BCUT2D eigenvalue weighted by Crippen LogP contribution is 2.40. The molecule has 2 aromatic heterocycles. The molecule has 0 saturated heterocycles. The molecule has 0 spiro atoms. The molecule has 3 heterocycles. The third kappa shape index (κ3) is 2.71. The number of imidazole rings is 1. The Morgan fingerprint density at radius 3 is 2.48 bits per heavy atom. The number of para-hydroxylation sites is 1. The van der Waals surface area contributed by atoms with Crippen molar-refractivity contribution in [1.82, 2.24) is 24.2 Å². The van der Waals surface area contributed by atoms with Gasteiger partial charge in [0.05, 0.1) is 0 Å². The van der Waals surface area contributed by atoms with E-state index >= 15 is 0 Å². The first kappa shape index (κ1) is 17.3. The fourth-order valence-corrected chi connectivity index (χ4v) is 5.29. The molecule has 0 fully saturated rings. The lowest BCUT2D eigenvalue weighted by Crippen LogP contribution is -2.42. The van der Waals surface area contributed by atoms with Crippen molar-refractivity contribution in [1.29, 1.82) is 0 Å². The van der Waals surface area contributed by atoms with Crippen molar-refractivity contribution in [3.8, 4) is 5.82 Å². The molecule has 1 aliphatic rings. The van der Waals surface area contributed by atoms with Crippen LogP contribution in [-0.4, -0.2) is 49.2 Å². The van der Waals surface area contributed by atoms with Crippen molar-refractivity contribution in [2.75, 3.05) is 24.5 Å². The second-order valence-electron chi connectivity index (χ2n) is 7.02. The Hall–Kier alpha value is -3.07. The molecule has 0 bridgehead atoms. The monoisotopic (exact) mass is 384 g/mol. The van der Waals surface area contributed by atoms with Crippen molar-refractivity contribution < 1.29 is 9.00 Å². The van der Waals surface area contributed by atoms with Crippen molar-refractivity contribution >= 4 is 26.8 Å². The van der Waals surface area contributed by atoms with Gasteiger partial charge in [0, 0.05) is 37.6 Å². The number of hydrogen-bond acceptors (Lipinski definition) is 6. The Morgan fingerprint density at radius 1 is 1.15 bits per heavy atom. The second kappa shape index (κ2) is 5.46. The number of aromatic nitrogens is 4. The third-order valence-corrected chi connectivity index (χ3v) is 6.87. The zero-order valence-corrected chi connectivity index (χ0v) is 16.3. The maximum Gasteiger partial charge on any atom is 0.281 e. The molecule has 1 N–H and O–H groups in total. The number of nitrogens with one attached hydrogen (secondary N) is 1. The summed E-state index contributed by atoms with van der Waals surface area (Å²) in [6, 6.07) is 9.58. The van der Waals surface area contributed by atoms with Crippen LogP contribution in [0.5, 0.6) is 0 Å². The van der Waals surface area contributed by atoms with E-state index in [1.165, 1.54) is 12.5 Å². The van der Waals surface area contributed by atoms with E-state index in [4.69, 9.17) is 0 Å². The molecule has 8 nitrogen and oxygen atoms in total. The Labute approximate surface area is 156 Å². The molecule has 0 aliphatic carbocycles. The number of carbonyl (C=O) groups excluding carboxylic acids is 1. The first-order valence-corrected chi connectivity index (χ1v) is 11.1. The molecule has 1 aliphatic heterocycles. The summed E-state index contributed by atoms with van der Waals surface area (Å²) in [5.74, 6) is 0.944. The molecular formula is C18H20N6O2S. The number of anilines is 2. The summed E-state index contributed by atoms with van der Waals surface area (Å²) in [5.41, 5.74) is 1.00. The summed E-state index contributed by atoms with van der Waals surface area (Å²) in [7, 11) is -1.81. The average molecular weight is 384 g/mol. The van der Waals surface area contributed by atoms with E-state index in [1.54, 1.807) is 21.9 Å². The normalized spacial score (nSPS) is 18.2. The lowest BCUT2D eigenvalue weighted by atomic mass is 10.3. The van der Waals surface area contributed by atoms with Crippen LogP contribution in [0.4, 0.5) is 11.6 Å². The Morgan fingerprint density at radius 2 is 1.85 bits per heavy atom. The van der Waals surface area contributed by atoms with Gasteiger partial charge in [-0.15, -0.1) is 0 Å². The minimum atomic E-state index is -3.63. The summed E-state index contributed by atoms with van der Waals surface area (Å²) < 4.78 is 17.9. The number of nitrogens with zero attached hydrogens (tertiary/aromatic N) is 5. The van der Waals surface area contributed by atoms with Crippen LogP contribution in [0.2, 0.25) is 0 Å². The minimum Gasteiger partial charge on any atom is -0.314 e. The number of benzene rings is 1. The molecule has 1 amide bonds. The molecule has 0 unspecified atom stereocenters. The van der Waals surface area contributed by atoms with Gasteiger partial charge in [-0.25, -0.2) is 9.97 Å². The van der Waals surface area contributed by atoms with Gasteiger partial charge in [0.25, 0.3) is 5.91 Å². The summed E-state index contributed by atoms with van der Waals surface area (Å²) in [5, 5.41) is 0. The van der Waals surface area contributed by atoms with Gasteiger partial charge in [0.15, 0.2) is 11.5 Å². The molecule has 3 aromatic rings. The maximum atomic E-state index is 13.5. The van der Waals surface area contributed by atoms with Gasteiger partial charge < -0.3 is 4.90 Å². The first-order chi connectivity index (χ1) is 12.7. The molecule has 27 heavy (non-hydrogen) atoms. The van der Waals surface area contributed by atoms with Gasteiger partial charge >= 0.3 is 0 Å². The maximum absolute atomic E-state index is 13.5. The van der Waals surface area contributed by atoms with Gasteiger partial charge in [-0.05, 0) is 28.3 Å². The number of amides is 1. The van der Waals surface area contributed by atoms with Crippen molar-refractivity contribution in [3.05, 3.63) is 54.2 Å². The lowest BCUT2D eigenvalue weighted by molar-refractivity contribution is 0.0980. The molecule has 9 heteroatoms. The van der Waals surface area contributed by atoms with Gasteiger partial charge in [-0.3, -0.25) is 18.3 Å². The number of hydrogen-bond donors (Lipinski definition) is 1. The minimum absolute atomic E-state index is 0.132. The van der Waals surface area contributed by atoms with Gasteiger partial charge in [-0.1, -0.05) is 18.2 Å². The van der Waals surface area contributed by atoms with Crippen LogP contribution in [0.15, 0.2) is 47.6 Å². The Balaban J connectivity index is 2.01. The average Bonchev–Trinajstić information content (AvgIpc) is 3.13. The van der Waals surface area contributed by atoms with Crippen molar-refractivity contribution in [2.24, 2.45) is 0 Å². The van der Waals surface area contributed by atoms with Crippen LogP contribution >= 0.6 is 0 Å². The number of fused-ring (bicyclic) bond motifs is 1. The van der Waals surface area contributed by atoms with E-state index in [-0.39, 0.29) is 5.69 Å². The summed E-state index contributed by atoms with van der Waals surface area (Å²) >= 11 is 0. The lowest BCUT2D eigenvalue weighted by Gasteiger charge is -2.31. The van der Waals surface area contributed by atoms with Crippen LogP contribution in [0.25, 0.3) is 5.82 Å². The van der Waals surface area contributed by atoms with Gasteiger partial charge in [-0.2, -0.15) is 4.98 Å². The van der Waals surface area contributed by atoms with Crippen LogP contribution in [0, 0.1) is 6.92 Å². The highest BCUT2D eigenvalue weighted by Gasteiger charge is 2.46. The predicted molar refractivity (Wildman–Crippen MR) is 104 cm³/mol. The summed E-state index contributed by atoms with van der Waals surface area (Å²) in [6.45, 7) is 1.82. The molecule has 0 saturated carbocycles.